The maximum absolute atomic E-state index is 13.2. The van der Waals surface area contributed by atoms with Gasteiger partial charge in [0.1, 0.15) is 0 Å². The molecule has 0 spiro atoms. The first kappa shape index (κ1) is 9.46. The van der Waals surface area contributed by atoms with E-state index in [1.165, 1.54) is 6.07 Å². The molecule has 2 atom stereocenters. The number of benzene rings is 1. The highest BCUT2D eigenvalue weighted by molar-refractivity contribution is 5.36. The third-order valence-corrected chi connectivity index (χ3v) is 2.72. The van der Waals surface area contributed by atoms with Crippen LogP contribution < -0.4 is 10.5 Å². The first-order valence-electron chi connectivity index (χ1n) is 4.84. The molecule has 0 fully saturated rings. The molecule has 1 aromatic carbocycles. The zero-order valence-electron chi connectivity index (χ0n) is 8.16. The van der Waals surface area contributed by atoms with Crippen LogP contribution >= 0.6 is 0 Å². The molecule has 1 heterocycles. The molecule has 1 aliphatic rings. The second-order valence-corrected chi connectivity index (χ2v) is 3.86. The Morgan fingerprint density at radius 3 is 3.07 bits per heavy atom. The predicted octanol–water partition coefficient (Wildman–Crippen LogP) is 1.72. The third-order valence-electron chi connectivity index (χ3n) is 2.72. The second kappa shape index (κ2) is 3.58. The van der Waals surface area contributed by atoms with Crippen molar-refractivity contribution in [2.45, 2.75) is 19.4 Å². The summed E-state index contributed by atoms with van der Waals surface area (Å²) in [6.07, 6.45) is 0.810. The average molecular weight is 195 g/mol. The van der Waals surface area contributed by atoms with Crippen LogP contribution in [0.5, 0.6) is 5.75 Å². The maximum Gasteiger partial charge on any atom is 0.165 e. The second-order valence-electron chi connectivity index (χ2n) is 3.86. The quantitative estimate of drug-likeness (QED) is 0.740. The fourth-order valence-electron chi connectivity index (χ4n) is 1.75. The Morgan fingerprint density at radius 1 is 1.57 bits per heavy atom. The minimum Gasteiger partial charge on any atom is -0.490 e. The van der Waals surface area contributed by atoms with Crippen molar-refractivity contribution in [3.05, 3.63) is 29.6 Å². The van der Waals surface area contributed by atoms with E-state index >= 15 is 0 Å². The Labute approximate surface area is 82.9 Å². The van der Waals surface area contributed by atoms with Gasteiger partial charge < -0.3 is 10.5 Å². The van der Waals surface area contributed by atoms with Gasteiger partial charge >= 0.3 is 0 Å². The summed E-state index contributed by atoms with van der Waals surface area (Å²) in [5.74, 6) is 0.430. The Balaban J connectivity index is 2.27. The molecule has 14 heavy (non-hydrogen) atoms. The lowest BCUT2D eigenvalue weighted by atomic mass is 9.92. The standard InChI is InChI=1S/C11H14FNO/c1-7(13)9-5-8-3-2-4-10(12)11(8)14-6-9/h2-4,7,9H,5-6,13H2,1H3/t7-,9?/m1/s1. The van der Waals surface area contributed by atoms with E-state index in [0.29, 0.717) is 18.3 Å². The molecule has 3 heteroatoms. The third kappa shape index (κ3) is 1.60. The highest BCUT2D eigenvalue weighted by Crippen LogP contribution is 2.30. The molecule has 1 aliphatic heterocycles. The van der Waals surface area contributed by atoms with Crippen LogP contribution in [0.4, 0.5) is 4.39 Å². The first-order valence-corrected chi connectivity index (χ1v) is 4.84. The molecule has 1 unspecified atom stereocenters. The fourth-order valence-corrected chi connectivity index (χ4v) is 1.75. The van der Waals surface area contributed by atoms with E-state index in [0.717, 1.165) is 12.0 Å². The van der Waals surface area contributed by atoms with Crippen molar-refractivity contribution >= 4 is 0 Å². The summed E-state index contributed by atoms with van der Waals surface area (Å²) in [5, 5.41) is 0. The molecule has 2 nitrogen and oxygen atoms in total. The molecule has 0 radical (unpaired) electrons. The molecule has 0 aromatic heterocycles. The highest BCUT2D eigenvalue weighted by Gasteiger charge is 2.24. The topological polar surface area (TPSA) is 35.2 Å². The van der Waals surface area contributed by atoms with Crippen LogP contribution in [0, 0.1) is 11.7 Å². The molecular weight excluding hydrogens is 181 g/mol. The summed E-state index contributed by atoms with van der Waals surface area (Å²) in [4.78, 5) is 0. The van der Waals surface area contributed by atoms with Crippen molar-refractivity contribution in [3.63, 3.8) is 0 Å². The molecule has 2 rings (SSSR count). The number of nitrogens with two attached hydrogens (primary N) is 1. The number of fused-ring (bicyclic) bond motifs is 1. The molecule has 0 aliphatic carbocycles. The van der Waals surface area contributed by atoms with E-state index in [2.05, 4.69) is 0 Å². The van der Waals surface area contributed by atoms with Crippen LogP contribution in [-0.4, -0.2) is 12.6 Å². The van der Waals surface area contributed by atoms with Gasteiger partial charge in [-0.05, 0) is 25.0 Å². The molecular formula is C11H14FNO. The molecule has 2 N–H and O–H groups in total. The van der Waals surface area contributed by atoms with E-state index in [1.54, 1.807) is 6.07 Å². The van der Waals surface area contributed by atoms with Crippen molar-refractivity contribution in [2.24, 2.45) is 11.7 Å². The van der Waals surface area contributed by atoms with Crippen LogP contribution in [0.15, 0.2) is 18.2 Å². The Kier molecular flexibility index (Phi) is 2.42. The van der Waals surface area contributed by atoms with E-state index in [1.807, 2.05) is 13.0 Å². The van der Waals surface area contributed by atoms with Gasteiger partial charge in [0, 0.05) is 12.0 Å². The van der Waals surface area contributed by atoms with Gasteiger partial charge in [-0.1, -0.05) is 12.1 Å². The number of halogens is 1. The summed E-state index contributed by atoms with van der Waals surface area (Å²) < 4.78 is 18.6. The summed E-state index contributed by atoms with van der Waals surface area (Å²) in [6, 6.07) is 5.12. The van der Waals surface area contributed by atoms with Crippen molar-refractivity contribution in [2.75, 3.05) is 6.61 Å². The zero-order valence-corrected chi connectivity index (χ0v) is 8.16. The lowest BCUT2D eigenvalue weighted by Gasteiger charge is -2.27. The van der Waals surface area contributed by atoms with Crippen LogP contribution in [-0.2, 0) is 6.42 Å². The van der Waals surface area contributed by atoms with Gasteiger partial charge in [0.25, 0.3) is 0 Å². The molecule has 0 saturated carbocycles. The number of hydrogen-bond donors (Lipinski definition) is 1. The lowest BCUT2D eigenvalue weighted by Crippen LogP contribution is -2.35. The summed E-state index contributed by atoms with van der Waals surface area (Å²) >= 11 is 0. The van der Waals surface area contributed by atoms with E-state index < -0.39 is 0 Å². The van der Waals surface area contributed by atoms with Gasteiger partial charge in [-0.3, -0.25) is 0 Å². The van der Waals surface area contributed by atoms with Crippen LogP contribution in [0.2, 0.25) is 0 Å². The smallest absolute Gasteiger partial charge is 0.165 e. The molecule has 1 aromatic rings. The number of rotatable bonds is 1. The van der Waals surface area contributed by atoms with Gasteiger partial charge in [-0.15, -0.1) is 0 Å². The number of hydrogen-bond acceptors (Lipinski definition) is 2. The first-order chi connectivity index (χ1) is 6.68. The fraction of sp³-hybridized carbons (Fsp3) is 0.455. The van der Waals surface area contributed by atoms with Gasteiger partial charge in [-0.2, -0.15) is 0 Å². The monoisotopic (exact) mass is 195 g/mol. The van der Waals surface area contributed by atoms with Crippen molar-refractivity contribution in [1.29, 1.82) is 0 Å². The van der Waals surface area contributed by atoms with E-state index in [4.69, 9.17) is 10.5 Å². The predicted molar refractivity (Wildman–Crippen MR) is 52.7 cm³/mol. The van der Waals surface area contributed by atoms with Gasteiger partial charge in [0.05, 0.1) is 6.61 Å². The zero-order chi connectivity index (χ0) is 10.1. The molecule has 0 bridgehead atoms. The van der Waals surface area contributed by atoms with Crippen LogP contribution in [0.25, 0.3) is 0 Å². The van der Waals surface area contributed by atoms with Crippen molar-refractivity contribution < 1.29 is 9.13 Å². The van der Waals surface area contributed by atoms with Crippen molar-refractivity contribution in [3.8, 4) is 5.75 Å². The normalized spacial score (nSPS) is 22.4. The number of ether oxygens (including phenoxy) is 1. The summed E-state index contributed by atoms with van der Waals surface area (Å²) in [7, 11) is 0. The van der Waals surface area contributed by atoms with Crippen LogP contribution in [0.1, 0.15) is 12.5 Å². The summed E-state index contributed by atoms with van der Waals surface area (Å²) in [6.45, 7) is 2.48. The molecule has 0 amide bonds. The van der Waals surface area contributed by atoms with Gasteiger partial charge in [-0.25, -0.2) is 4.39 Å². The van der Waals surface area contributed by atoms with E-state index in [-0.39, 0.29) is 11.9 Å². The van der Waals surface area contributed by atoms with Crippen molar-refractivity contribution in [1.82, 2.24) is 0 Å². The van der Waals surface area contributed by atoms with Gasteiger partial charge in [0.15, 0.2) is 11.6 Å². The minimum absolute atomic E-state index is 0.0893. The highest BCUT2D eigenvalue weighted by atomic mass is 19.1. The number of para-hydroxylation sites is 1. The lowest BCUT2D eigenvalue weighted by molar-refractivity contribution is 0.196. The maximum atomic E-state index is 13.2. The van der Waals surface area contributed by atoms with Crippen LogP contribution in [0.3, 0.4) is 0 Å². The summed E-state index contributed by atoms with van der Waals surface area (Å²) in [5.41, 5.74) is 6.72. The Morgan fingerprint density at radius 2 is 2.36 bits per heavy atom. The Bertz CT molecular complexity index is 338. The largest absolute Gasteiger partial charge is 0.490 e. The van der Waals surface area contributed by atoms with E-state index in [9.17, 15) is 4.39 Å². The minimum atomic E-state index is -0.273. The Hall–Kier alpha value is -1.09. The average Bonchev–Trinajstić information content (AvgIpc) is 2.17. The SMILES string of the molecule is C[C@@H](N)C1COc2c(F)cccc2C1. The molecule has 0 saturated heterocycles. The molecule has 76 valence electrons. The van der Waals surface area contributed by atoms with Gasteiger partial charge in [0.2, 0.25) is 0 Å².